The minimum Gasteiger partial charge on any atom is -0.381 e. The average molecular weight is 309 g/mol. The molecule has 0 spiro atoms. The fourth-order valence-electron chi connectivity index (χ4n) is 3.27. The average Bonchev–Trinajstić information content (AvgIpc) is 2.64. The quantitative estimate of drug-likeness (QED) is 0.851. The molecule has 0 saturated heterocycles. The number of hydrogen-bond acceptors (Lipinski definition) is 3. The number of sulfone groups is 1. The van der Waals surface area contributed by atoms with E-state index < -0.39 is 9.84 Å². The molecule has 0 radical (unpaired) electrons. The molecule has 118 valence electrons. The minimum atomic E-state index is -3.18. The predicted octanol–water partition coefficient (Wildman–Crippen LogP) is 4.11. The van der Waals surface area contributed by atoms with Crippen molar-refractivity contribution >= 4 is 15.5 Å². The molecule has 1 saturated carbocycles. The first kappa shape index (κ1) is 16.3. The summed E-state index contributed by atoms with van der Waals surface area (Å²) in [6.45, 7) is 4.61. The van der Waals surface area contributed by atoms with E-state index in [1.165, 1.54) is 25.5 Å². The van der Waals surface area contributed by atoms with Crippen molar-refractivity contribution in [3.63, 3.8) is 0 Å². The molecule has 0 aromatic heterocycles. The van der Waals surface area contributed by atoms with Crippen LogP contribution in [0.15, 0.2) is 29.2 Å². The van der Waals surface area contributed by atoms with Crippen molar-refractivity contribution < 1.29 is 8.42 Å². The molecule has 1 fully saturated rings. The van der Waals surface area contributed by atoms with E-state index in [0.717, 1.165) is 30.4 Å². The SMILES string of the molecule is CC(C)C1CCCC(Nc2ccccc2S(C)(=O)=O)CC1. The maximum atomic E-state index is 11.9. The molecule has 2 unspecified atom stereocenters. The van der Waals surface area contributed by atoms with Crippen LogP contribution in [0.1, 0.15) is 46.0 Å². The Labute approximate surface area is 129 Å². The second-order valence-electron chi connectivity index (χ2n) is 6.62. The highest BCUT2D eigenvalue weighted by Crippen LogP contribution is 2.31. The lowest BCUT2D eigenvalue weighted by molar-refractivity contribution is 0.341. The van der Waals surface area contributed by atoms with Crippen molar-refractivity contribution in [2.75, 3.05) is 11.6 Å². The first-order valence-corrected chi connectivity index (χ1v) is 9.82. The molecule has 4 heteroatoms. The van der Waals surface area contributed by atoms with E-state index in [9.17, 15) is 8.42 Å². The molecule has 1 aliphatic carbocycles. The minimum absolute atomic E-state index is 0.386. The molecule has 2 atom stereocenters. The zero-order valence-corrected chi connectivity index (χ0v) is 14.1. The third kappa shape index (κ3) is 4.47. The predicted molar refractivity (Wildman–Crippen MR) is 88.4 cm³/mol. The van der Waals surface area contributed by atoms with E-state index in [-0.39, 0.29) is 0 Å². The molecule has 0 amide bonds. The summed E-state index contributed by atoms with van der Waals surface area (Å²) < 4.78 is 23.7. The van der Waals surface area contributed by atoms with Crippen molar-refractivity contribution in [2.24, 2.45) is 11.8 Å². The molecule has 3 nitrogen and oxygen atoms in total. The normalized spacial score (nSPS) is 23.8. The molecule has 2 rings (SSSR count). The van der Waals surface area contributed by atoms with Gasteiger partial charge in [0.15, 0.2) is 9.84 Å². The van der Waals surface area contributed by atoms with Crippen molar-refractivity contribution in [1.82, 2.24) is 0 Å². The van der Waals surface area contributed by atoms with E-state index >= 15 is 0 Å². The van der Waals surface area contributed by atoms with Gasteiger partial charge in [0.1, 0.15) is 0 Å². The maximum Gasteiger partial charge on any atom is 0.177 e. The number of anilines is 1. The molecule has 21 heavy (non-hydrogen) atoms. The Morgan fingerprint density at radius 2 is 1.81 bits per heavy atom. The van der Waals surface area contributed by atoms with Gasteiger partial charge in [-0.3, -0.25) is 0 Å². The van der Waals surface area contributed by atoms with Crippen LogP contribution in [0.3, 0.4) is 0 Å². The Morgan fingerprint density at radius 1 is 1.10 bits per heavy atom. The van der Waals surface area contributed by atoms with Crippen LogP contribution in [0.2, 0.25) is 0 Å². The van der Waals surface area contributed by atoms with E-state index in [1.54, 1.807) is 12.1 Å². The monoisotopic (exact) mass is 309 g/mol. The van der Waals surface area contributed by atoms with Crippen molar-refractivity contribution in [3.05, 3.63) is 24.3 Å². The van der Waals surface area contributed by atoms with Crippen molar-refractivity contribution in [2.45, 2.75) is 56.9 Å². The van der Waals surface area contributed by atoms with E-state index in [4.69, 9.17) is 0 Å². The van der Waals surface area contributed by atoms with Crippen molar-refractivity contribution in [1.29, 1.82) is 0 Å². The largest absolute Gasteiger partial charge is 0.381 e. The summed E-state index contributed by atoms with van der Waals surface area (Å²) in [5.74, 6) is 1.55. The molecule has 1 aromatic carbocycles. The molecule has 1 aliphatic rings. The summed E-state index contributed by atoms with van der Waals surface area (Å²) in [4.78, 5) is 0.412. The van der Waals surface area contributed by atoms with E-state index in [1.807, 2.05) is 12.1 Å². The van der Waals surface area contributed by atoms with Crippen LogP contribution < -0.4 is 5.32 Å². The Hall–Kier alpha value is -1.03. The second kappa shape index (κ2) is 6.82. The fourth-order valence-corrected chi connectivity index (χ4v) is 4.12. The second-order valence-corrected chi connectivity index (χ2v) is 8.61. The lowest BCUT2D eigenvalue weighted by atomic mass is 9.89. The fraction of sp³-hybridized carbons (Fsp3) is 0.647. The van der Waals surface area contributed by atoms with Gasteiger partial charge in [-0.05, 0) is 43.2 Å². The molecule has 1 N–H and O–H groups in total. The van der Waals surface area contributed by atoms with Crippen molar-refractivity contribution in [3.8, 4) is 0 Å². The third-order valence-electron chi connectivity index (χ3n) is 4.60. The number of hydrogen-bond donors (Lipinski definition) is 1. The molecule has 0 bridgehead atoms. The number of benzene rings is 1. The van der Waals surface area contributed by atoms with Gasteiger partial charge in [-0.25, -0.2) is 8.42 Å². The van der Waals surface area contributed by atoms with Gasteiger partial charge in [0.25, 0.3) is 0 Å². The standard InChI is InChI=1S/C17H27NO2S/c1-13(2)14-7-6-8-15(12-11-14)18-16-9-4-5-10-17(16)21(3,19)20/h4-5,9-10,13-15,18H,6-8,11-12H2,1-3H3. The topological polar surface area (TPSA) is 46.2 Å². The Bertz CT molecular complexity index is 566. The number of nitrogens with one attached hydrogen (secondary N) is 1. The molecule has 0 aliphatic heterocycles. The van der Waals surface area contributed by atoms with Crippen LogP contribution in [0, 0.1) is 11.8 Å². The van der Waals surface area contributed by atoms with Gasteiger partial charge < -0.3 is 5.32 Å². The van der Waals surface area contributed by atoms with Crippen LogP contribution in [0.25, 0.3) is 0 Å². The Morgan fingerprint density at radius 3 is 2.48 bits per heavy atom. The zero-order chi connectivity index (χ0) is 15.5. The van der Waals surface area contributed by atoms with Gasteiger partial charge >= 0.3 is 0 Å². The lowest BCUT2D eigenvalue weighted by Crippen LogP contribution is -2.20. The van der Waals surface area contributed by atoms with Gasteiger partial charge in [-0.15, -0.1) is 0 Å². The van der Waals surface area contributed by atoms with Crippen LogP contribution in [-0.2, 0) is 9.84 Å². The van der Waals surface area contributed by atoms with Gasteiger partial charge in [0, 0.05) is 12.3 Å². The Balaban J connectivity index is 2.09. The first-order chi connectivity index (χ1) is 9.88. The molecular weight excluding hydrogens is 282 g/mol. The summed E-state index contributed by atoms with van der Waals surface area (Å²) in [6.07, 6.45) is 7.28. The van der Waals surface area contributed by atoms with Gasteiger partial charge in [-0.2, -0.15) is 0 Å². The lowest BCUT2D eigenvalue weighted by Gasteiger charge is -2.21. The number of para-hydroxylation sites is 1. The van der Waals surface area contributed by atoms with Gasteiger partial charge in [0.05, 0.1) is 10.6 Å². The third-order valence-corrected chi connectivity index (χ3v) is 5.76. The highest BCUT2D eigenvalue weighted by molar-refractivity contribution is 7.90. The van der Waals surface area contributed by atoms with Crippen LogP contribution in [-0.4, -0.2) is 20.7 Å². The van der Waals surface area contributed by atoms with Gasteiger partial charge in [-0.1, -0.05) is 38.8 Å². The number of rotatable bonds is 4. The summed E-state index contributed by atoms with van der Waals surface area (Å²) in [6, 6.07) is 7.62. The summed E-state index contributed by atoms with van der Waals surface area (Å²) in [5.41, 5.74) is 0.757. The summed E-state index contributed by atoms with van der Waals surface area (Å²) >= 11 is 0. The van der Waals surface area contributed by atoms with Crippen LogP contribution in [0.4, 0.5) is 5.69 Å². The molecular formula is C17H27NO2S. The molecule has 1 aromatic rings. The van der Waals surface area contributed by atoms with E-state index in [0.29, 0.717) is 10.9 Å². The zero-order valence-electron chi connectivity index (χ0n) is 13.3. The maximum absolute atomic E-state index is 11.9. The van der Waals surface area contributed by atoms with Crippen LogP contribution in [0.5, 0.6) is 0 Å². The van der Waals surface area contributed by atoms with Crippen LogP contribution >= 0.6 is 0 Å². The van der Waals surface area contributed by atoms with E-state index in [2.05, 4.69) is 19.2 Å². The summed E-state index contributed by atoms with van der Waals surface area (Å²) in [5, 5.41) is 3.48. The highest BCUT2D eigenvalue weighted by Gasteiger charge is 2.22. The first-order valence-electron chi connectivity index (χ1n) is 7.93. The Kier molecular flexibility index (Phi) is 5.31. The summed E-state index contributed by atoms with van der Waals surface area (Å²) in [7, 11) is -3.18. The highest BCUT2D eigenvalue weighted by atomic mass is 32.2. The smallest absolute Gasteiger partial charge is 0.177 e. The molecule has 0 heterocycles. The van der Waals surface area contributed by atoms with Gasteiger partial charge in [0.2, 0.25) is 0 Å².